The van der Waals surface area contributed by atoms with Gasteiger partial charge in [0.15, 0.2) is 0 Å². The quantitative estimate of drug-likeness (QED) is 0.619. The van der Waals surface area contributed by atoms with Gasteiger partial charge >= 0.3 is 0 Å². The lowest BCUT2D eigenvalue weighted by molar-refractivity contribution is -0.117. The lowest BCUT2D eigenvalue weighted by Gasteiger charge is -2.31. The molecular formula is C25H23N5O3. The van der Waals surface area contributed by atoms with Crippen molar-refractivity contribution in [1.29, 1.82) is 0 Å². The van der Waals surface area contributed by atoms with Gasteiger partial charge < -0.3 is 14.5 Å². The predicted octanol–water partition coefficient (Wildman–Crippen LogP) is 2.86. The summed E-state index contributed by atoms with van der Waals surface area (Å²) in [6.07, 6.45) is 8.31. The Balaban J connectivity index is 1.17. The molecule has 3 aliphatic rings. The molecule has 2 aromatic heterocycles. The van der Waals surface area contributed by atoms with Crippen LogP contribution in [0.1, 0.15) is 41.0 Å². The molecule has 0 aliphatic carbocycles. The fourth-order valence-corrected chi connectivity index (χ4v) is 4.55. The van der Waals surface area contributed by atoms with Gasteiger partial charge in [-0.3, -0.25) is 9.59 Å². The zero-order chi connectivity index (χ0) is 22.4. The third kappa shape index (κ3) is 3.61. The highest BCUT2D eigenvalue weighted by molar-refractivity contribution is 5.98. The maximum atomic E-state index is 12.3. The monoisotopic (exact) mass is 441 g/mol. The molecule has 0 bridgehead atoms. The number of nitrogens with zero attached hydrogens (tertiary/aromatic N) is 5. The number of ether oxygens (including phenoxy) is 1. The Morgan fingerprint density at radius 3 is 2.55 bits per heavy atom. The molecule has 0 unspecified atom stereocenters. The van der Waals surface area contributed by atoms with E-state index in [1.54, 1.807) is 18.6 Å². The summed E-state index contributed by atoms with van der Waals surface area (Å²) >= 11 is 0. The fourth-order valence-electron chi connectivity index (χ4n) is 4.55. The van der Waals surface area contributed by atoms with Gasteiger partial charge in [0.2, 0.25) is 11.8 Å². The molecule has 0 radical (unpaired) electrons. The Morgan fingerprint density at radius 1 is 1.03 bits per heavy atom. The van der Waals surface area contributed by atoms with Crippen molar-refractivity contribution in [3.05, 3.63) is 65.9 Å². The van der Waals surface area contributed by atoms with Gasteiger partial charge in [-0.1, -0.05) is 12.1 Å². The molecule has 166 valence electrons. The van der Waals surface area contributed by atoms with Crippen molar-refractivity contribution in [2.45, 2.75) is 31.7 Å². The number of anilines is 1. The minimum absolute atomic E-state index is 0.0883. The molecule has 8 nitrogen and oxygen atoms in total. The van der Waals surface area contributed by atoms with E-state index in [1.807, 2.05) is 40.1 Å². The van der Waals surface area contributed by atoms with E-state index in [2.05, 4.69) is 15.0 Å². The lowest BCUT2D eigenvalue weighted by atomic mass is 10.0. The number of amides is 2. The van der Waals surface area contributed by atoms with Gasteiger partial charge in [0, 0.05) is 55.6 Å². The van der Waals surface area contributed by atoms with Gasteiger partial charge in [0.05, 0.1) is 6.04 Å². The number of carbonyl (C=O) groups is 2. The van der Waals surface area contributed by atoms with E-state index in [4.69, 9.17) is 4.74 Å². The molecule has 6 rings (SSSR count). The Labute approximate surface area is 191 Å². The number of carbonyl (C=O) groups excluding carboxylic acids is 2. The molecule has 0 saturated carbocycles. The molecule has 0 N–H and O–H groups in total. The number of benzene rings is 1. The van der Waals surface area contributed by atoms with Gasteiger partial charge in [0.1, 0.15) is 18.1 Å². The normalized spacial score (nSPS) is 18.9. The zero-order valence-electron chi connectivity index (χ0n) is 18.1. The highest BCUT2D eigenvalue weighted by atomic mass is 16.5. The van der Waals surface area contributed by atoms with Gasteiger partial charge in [0.25, 0.3) is 5.91 Å². The van der Waals surface area contributed by atoms with Crippen LogP contribution in [0.15, 0.2) is 48.9 Å². The van der Waals surface area contributed by atoms with Crippen LogP contribution in [0.2, 0.25) is 0 Å². The van der Waals surface area contributed by atoms with Crippen molar-refractivity contribution in [2.24, 2.45) is 0 Å². The molecule has 3 aromatic rings. The van der Waals surface area contributed by atoms with Crippen LogP contribution in [0.5, 0.6) is 5.88 Å². The van der Waals surface area contributed by atoms with Gasteiger partial charge in [-0.15, -0.1) is 0 Å². The summed E-state index contributed by atoms with van der Waals surface area (Å²) in [5, 5.41) is 0. The van der Waals surface area contributed by atoms with Gasteiger partial charge in [-0.25, -0.2) is 15.0 Å². The summed E-state index contributed by atoms with van der Waals surface area (Å²) in [7, 11) is 0. The van der Waals surface area contributed by atoms with E-state index in [9.17, 15) is 9.59 Å². The van der Waals surface area contributed by atoms with Gasteiger partial charge in [-0.05, 0) is 42.2 Å². The third-order valence-electron chi connectivity index (χ3n) is 6.56. The number of likely N-dealkylation sites (tertiary alicyclic amines) is 1. The second-order valence-corrected chi connectivity index (χ2v) is 8.72. The molecule has 8 heteroatoms. The molecular weight excluding hydrogens is 418 g/mol. The number of fused-ring (bicyclic) bond motifs is 3. The number of hydrogen-bond donors (Lipinski definition) is 0. The number of rotatable bonds is 4. The van der Waals surface area contributed by atoms with Crippen LogP contribution in [0, 0.1) is 0 Å². The zero-order valence-corrected chi connectivity index (χ0v) is 18.1. The molecule has 33 heavy (non-hydrogen) atoms. The summed E-state index contributed by atoms with van der Waals surface area (Å²) in [6, 6.07) is 9.65. The Kier molecular flexibility index (Phi) is 4.78. The molecule has 2 amide bonds. The van der Waals surface area contributed by atoms with E-state index < -0.39 is 0 Å². The van der Waals surface area contributed by atoms with E-state index in [1.165, 1.54) is 0 Å². The molecule has 5 heterocycles. The molecule has 0 spiro atoms. The number of pyridine rings is 1. The molecule has 1 aromatic carbocycles. The van der Waals surface area contributed by atoms with Crippen LogP contribution < -0.4 is 9.64 Å². The van der Waals surface area contributed by atoms with Crippen molar-refractivity contribution >= 4 is 17.5 Å². The Hall–Kier alpha value is -3.81. The van der Waals surface area contributed by atoms with Gasteiger partial charge in [-0.2, -0.15) is 0 Å². The second-order valence-electron chi connectivity index (χ2n) is 8.72. The highest BCUT2D eigenvalue weighted by Crippen LogP contribution is 2.37. The molecule has 2 fully saturated rings. The van der Waals surface area contributed by atoms with Crippen molar-refractivity contribution in [3.63, 3.8) is 0 Å². The summed E-state index contributed by atoms with van der Waals surface area (Å²) in [5.74, 6) is 1.40. The first-order valence-corrected chi connectivity index (χ1v) is 11.3. The molecule has 3 aliphatic heterocycles. The smallest absolute Gasteiger partial charge is 0.253 e. The van der Waals surface area contributed by atoms with Crippen LogP contribution in [0.25, 0.3) is 11.1 Å². The number of hydrogen-bond acceptors (Lipinski definition) is 6. The van der Waals surface area contributed by atoms with Crippen molar-refractivity contribution < 1.29 is 14.3 Å². The predicted molar refractivity (Wildman–Crippen MR) is 121 cm³/mol. The SMILES string of the molecule is O=C(c1ccc(-c2cnc(Cc3cnc4c(c3)N3C(=O)CC[C@H]3CO4)nc2)cc1)N1CCC1. The largest absolute Gasteiger partial charge is 0.474 e. The summed E-state index contributed by atoms with van der Waals surface area (Å²) < 4.78 is 5.74. The standard InChI is InChI=1S/C25H23N5O3/c31-23-7-6-20-15-33-24-21(30(20)23)10-16(12-28-24)11-22-26-13-19(14-27-22)17-2-4-18(5-3-17)25(32)29-8-1-9-29/h2-5,10,12-14,20H,1,6-9,11,15H2/t20-/m0/s1. The summed E-state index contributed by atoms with van der Waals surface area (Å²) in [5.41, 5.74) is 4.24. The average Bonchev–Trinajstić information content (AvgIpc) is 3.20. The van der Waals surface area contributed by atoms with E-state index in [0.717, 1.165) is 48.3 Å². The third-order valence-corrected chi connectivity index (χ3v) is 6.56. The molecule has 1 atom stereocenters. The van der Waals surface area contributed by atoms with Crippen molar-refractivity contribution in [1.82, 2.24) is 19.9 Å². The van der Waals surface area contributed by atoms with E-state index in [0.29, 0.717) is 36.7 Å². The second kappa shape index (κ2) is 7.95. The maximum absolute atomic E-state index is 12.3. The topological polar surface area (TPSA) is 88.5 Å². The van der Waals surface area contributed by atoms with E-state index >= 15 is 0 Å². The lowest BCUT2D eigenvalue weighted by Crippen LogP contribution is -2.41. The van der Waals surface area contributed by atoms with E-state index in [-0.39, 0.29) is 17.9 Å². The minimum Gasteiger partial charge on any atom is -0.474 e. The summed E-state index contributed by atoms with van der Waals surface area (Å²) in [4.78, 5) is 41.8. The van der Waals surface area contributed by atoms with Crippen LogP contribution in [0.4, 0.5) is 5.69 Å². The first-order chi connectivity index (χ1) is 16.2. The number of aromatic nitrogens is 3. The maximum Gasteiger partial charge on any atom is 0.253 e. The summed E-state index contributed by atoms with van der Waals surface area (Å²) in [6.45, 7) is 2.19. The van der Waals surface area contributed by atoms with Crippen molar-refractivity contribution in [2.75, 3.05) is 24.6 Å². The fraction of sp³-hybridized carbons (Fsp3) is 0.320. The highest BCUT2D eigenvalue weighted by Gasteiger charge is 2.38. The molecule has 2 saturated heterocycles. The Bertz CT molecular complexity index is 1220. The van der Waals surface area contributed by atoms with Crippen LogP contribution in [-0.4, -0.2) is 57.4 Å². The van der Waals surface area contributed by atoms with Crippen LogP contribution in [0.3, 0.4) is 0 Å². The first kappa shape index (κ1) is 19.8. The first-order valence-electron chi connectivity index (χ1n) is 11.3. The van der Waals surface area contributed by atoms with Crippen molar-refractivity contribution in [3.8, 4) is 17.0 Å². The van der Waals surface area contributed by atoms with Crippen LogP contribution >= 0.6 is 0 Å². The Morgan fingerprint density at radius 2 is 1.82 bits per heavy atom. The van der Waals surface area contributed by atoms with Crippen LogP contribution in [-0.2, 0) is 11.2 Å². The minimum atomic E-state index is 0.0883. The average molecular weight is 441 g/mol.